The van der Waals surface area contributed by atoms with Gasteiger partial charge in [-0.1, -0.05) is 24.3 Å². The van der Waals surface area contributed by atoms with Gasteiger partial charge in [-0.2, -0.15) is 0 Å². The smallest absolute Gasteiger partial charge is 0.223 e. The minimum absolute atomic E-state index is 0.158. The molecule has 5 nitrogen and oxygen atoms in total. The third-order valence-electron chi connectivity index (χ3n) is 5.69. The molecule has 1 amide bonds. The van der Waals surface area contributed by atoms with Crippen molar-refractivity contribution in [3.63, 3.8) is 0 Å². The van der Waals surface area contributed by atoms with Crippen LogP contribution >= 0.6 is 0 Å². The van der Waals surface area contributed by atoms with Crippen molar-refractivity contribution in [1.82, 2.24) is 14.9 Å². The van der Waals surface area contributed by atoms with Crippen LogP contribution in [0, 0.1) is 19.8 Å². The summed E-state index contributed by atoms with van der Waals surface area (Å²) in [6, 6.07) is 14.4. The van der Waals surface area contributed by atoms with Gasteiger partial charge in [-0.05, 0) is 68.9 Å². The Hall–Kier alpha value is -2.82. The highest BCUT2D eigenvalue weighted by molar-refractivity contribution is 5.81. The normalized spacial score (nSPS) is 13.6. The van der Waals surface area contributed by atoms with Crippen molar-refractivity contribution in [2.24, 2.45) is 5.92 Å². The minimum Gasteiger partial charge on any atom is -0.493 e. The summed E-state index contributed by atoms with van der Waals surface area (Å²) in [4.78, 5) is 16.8. The Kier molecular flexibility index (Phi) is 5.84. The molecule has 2 aromatic carbocycles. The Morgan fingerprint density at radius 2 is 1.97 bits per heavy atom. The zero-order valence-corrected chi connectivity index (χ0v) is 17.3. The lowest BCUT2D eigenvalue weighted by Crippen LogP contribution is -2.26. The first-order chi connectivity index (χ1) is 14.1. The average Bonchev–Trinajstić information content (AvgIpc) is 3.52. The van der Waals surface area contributed by atoms with Crippen molar-refractivity contribution in [1.29, 1.82) is 0 Å². The zero-order valence-electron chi connectivity index (χ0n) is 17.3. The second kappa shape index (κ2) is 8.68. The summed E-state index contributed by atoms with van der Waals surface area (Å²) < 4.78 is 8.22. The molecule has 0 aliphatic heterocycles. The van der Waals surface area contributed by atoms with E-state index < -0.39 is 0 Å². The number of aromatic nitrogens is 2. The highest BCUT2D eigenvalue weighted by Gasteiger charge is 2.29. The number of aryl methyl sites for hydroxylation is 2. The van der Waals surface area contributed by atoms with Crippen molar-refractivity contribution in [3.8, 4) is 5.75 Å². The maximum absolute atomic E-state index is 12.0. The zero-order chi connectivity index (χ0) is 20.2. The summed E-state index contributed by atoms with van der Waals surface area (Å²) in [7, 11) is 0. The number of hydrogen-bond donors (Lipinski definition) is 1. The molecule has 152 valence electrons. The minimum atomic E-state index is 0.158. The first kappa shape index (κ1) is 19.5. The number of unbranched alkanes of at least 4 members (excludes halogenated alkanes) is 1. The quantitative estimate of drug-likeness (QED) is 0.545. The summed E-state index contributed by atoms with van der Waals surface area (Å²) in [6.45, 7) is 6.26. The Morgan fingerprint density at radius 3 is 2.79 bits per heavy atom. The number of rotatable bonds is 9. The van der Waals surface area contributed by atoms with Crippen molar-refractivity contribution >= 4 is 16.9 Å². The molecule has 1 heterocycles. The van der Waals surface area contributed by atoms with Gasteiger partial charge in [0, 0.05) is 12.5 Å². The highest BCUT2D eigenvalue weighted by Crippen LogP contribution is 2.29. The van der Waals surface area contributed by atoms with Gasteiger partial charge in [0.25, 0.3) is 0 Å². The van der Waals surface area contributed by atoms with Crippen molar-refractivity contribution in [2.45, 2.75) is 52.6 Å². The maximum atomic E-state index is 12.0. The number of imidazole rings is 1. The van der Waals surface area contributed by atoms with Gasteiger partial charge in [-0.15, -0.1) is 0 Å². The standard InChI is InChI=1S/C24H29N3O2/c1-17-8-7-11-22(18(17)2)29-15-6-5-14-27-21-10-4-3-9-20(21)26-23(27)16-25-24(28)19-12-13-19/h3-4,7-11,19H,5-6,12-16H2,1-2H3,(H,25,28). The number of carbonyl (C=O) groups is 1. The largest absolute Gasteiger partial charge is 0.493 e. The van der Waals surface area contributed by atoms with E-state index in [1.165, 1.54) is 11.1 Å². The summed E-state index contributed by atoms with van der Waals surface area (Å²) in [5.41, 5.74) is 4.57. The third kappa shape index (κ3) is 4.61. The second-order valence-corrected chi connectivity index (χ2v) is 7.91. The summed E-state index contributed by atoms with van der Waals surface area (Å²) in [5, 5.41) is 3.05. The maximum Gasteiger partial charge on any atom is 0.223 e. The lowest BCUT2D eigenvalue weighted by Gasteiger charge is -2.12. The lowest BCUT2D eigenvalue weighted by molar-refractivity contribution is -0.122. The Labute approximate surface area is 172 Å². The number of fused-ring (bicyclic) bond motifs is 1. The van der Waals surface area contributed by atoms with Crippen LogP contribution in [0.4, 0.5) is 0 Å². The van der Waals surface area contributed by atoms with Gasteiger partial charge in [-0.3, -0.25) is 4.79 Å². The SMILES string of the molecule is Cc1cccc(OCCCCn2c(CNC(=O)C3CC3)nc3ccccc32)c1C. The molecule has 0 atom stereocenters. The molecule has 4 rings (SSSR count). The molecule has 0 bridgehead atoms. The molecule has 1 aromatic heterocycles. The van der Waals surface area contributed by atoms with Crippen LogP contribution in [0.2, 0.25) is 0 Å². The Bertz CT molecular complexity index is 1000. The van der Waals surface area contributed by atoms with E-state index in [2.05, 4.69) is 35.9 Å². The number of ether oxygens (including phenoxy) is 1. The summed E-state index contributed by atoms with van der Waals surface area (Å²) in [6.07, 6.45) is 3.99. The first-order valence-electron chi connectivity index (χ1n) is 10.5. The van der Waals surface area contributed by atoms with Gasteiger partial charge in [0.15, 0.2) is 0 Å². The highest BCUT2D eigenvalue weighted by atomic mass is 16.5. The molecule has 1 aliphatic rings. The predicted octanol–water partition coefficient (Wildman–Crippen LogP) is 4.54. The molecule has 0 unspecified atom stereocenters. The molecular weight excluding hydrogens is 362 g/mol. The van der Waals surface area contributed by atoms with E-state index in [9.17, 15) is 4.79 Å². The molecule has 5 heteroatoms. The van der Waals surface area contributed by atoms with Crippen LogP contribution in [0.5, 0.6) is 5.75 Å². The summed E-state index contributed by atoms with van der Waals surface area (Å²) in [5.74, 6) is 2.28. The lowest BCUT2D eigenvalue weighted by atomic mass is 10.1. The number of benzene rings is 2. The fraction of sp³-hybridized carbons (Fsp3) is 0.417. The average molecular weight is 392 g/mol. The molecule has 1 aliphatic carbocycles. The fourth-order valence-corrected chi connectivity index (χ4v) is 3.60. The van der Waals surface area contributed by atoms with Crippen LogP contribution in [-0.2, 0) is 17.9 Å². The van der Waals surface area contributed by atoms with Gasteiger partial charge < -0.3 is 14.6 Å². The number of para-hydroxylation sites is 2. The van der Waals surface area contributed by atoms with Gasteiger partial charge in [-0.25, -0.2) is 4.98 Å². The molecule has 0 spiro atoms. The van der Waals surface area contributed by atoms with Crippen LogP contribution < -0.4 is 10.1 Å². The van der Waals surface area contributed by atoms with Gasteiger partial charge in [0.1, 0.15) is 11.6 Å². The van der Waals surface area contributed by atoms with Crippen LogP contribution in [-0.4, -0.2) is 22.1 Å². The molecule has 1 saturated carbocycles. The van der Waals surface area contributed by atoms with E-state index in [-0.39, 0.29) is 11.8 Å². The van der Waals surface area contributed by atoms with Crippen molar-refractivity contribution < 1.29 is 9.53 Å². The number of nitrogens with zero attached hydrogens (tertiary/aromatic N) is 2. The molecule has 1 fully saturated rings. The number of amides is 1. The van der Waals surface area contributed by atoms with Crippen LogP contribution in [0.15, 0.2) is 42.5 Å². The van der Waals surface area contributed by atoms with E-state index in [1.54, 1.807) is 0 Å². The van der Waals surface area contributed by atoms with E-state index in [4.69, 9.17) is 9.72 Å². The topological polar surface area (TPSA) is 56.1 Å². The number of hydrogen-bond acceptors (Lipinski definition) is 3. The van der Waals surface area contributed by atoms with E-state index >= 15 is 0 Å². The van der Waals surface area contributed by atoms with E-state index in [0.29, 0.717) is 13.2 Å². The molecule has 1 N–H and O–H groups in total. The third-order valence-corrected chi connectivity index (χ3v) is 5.69. The van der Waals surface area contributed by atoms with Crippen LogP contribution in [0.1, 0.15) is 42.6 Å². The van der Waals surface area contributed by atoms with Crippen LogP contribution in [0.25, 0.3) is 11.0 Å². The van der Waals surface area contributed by atoms with E-state index in [1.807, 2.05) is 30.3 Å². The molecule has 0 radical (unpaired) electrons. The van der Waals surface area contributed by atoms with Crippen molar-refractivity contribution in [2.75, 3.05) is 6.61 Å². The monoisotopic (exact) mass is 391 g/mol. The number of carbonyl (C=O) groups excluding carboxylic acids is 1. The fourth-order valence-electron chi connectivity index (χ4n) is 3.60. The first-order valence-corrected chi connectivity index (χ1v) is 10.5. The number of nitrogens with one attached hydrogen (secondary N) is 1. The van der Waals surface area contributed by atoms with E-state index in [0.717, 1.165) is 54.8 Å². The predicted molar refractivity (Wildman–Crippen MR) is 115 cm³/mol. The molecular formula is C24H29N3O2. The Balaban J connectivity index is 1.35. The molecule has 0 saturated heterocycles. The van der Waals surface area contributed by atoms with Crippen molar-refractivity contribution in [3.05, 3.63) is 59.4 Å². The molecule has 3 aromatic rings. The van der Waals surface area contributed by atoms with Crippen LogP contribution in [0.3, 0.4) is 0 Å². The molecule has 29 heavy (non-hydrogen) atoms. The van der Waals surface area contributed by atoms with Gasteiger partial charge in [0.2, 0.25) is 5.91 Å². The summed E-state index contributed by atoms with van der Waals surface area (Å²) >= 11 is 0. The Morgan fingerprint density at radius 1 is 1.14 bits per heavy atom. The second-order valence-electron chi connectivity index (χ2n) is 7.91. The van der Waals surface area contributed by atoms with Gasteiger partial charge in [0.05, 0.1) is 24.2 Å². The van der Waals surface area contributed by atoms with Gasteiger partial charge >= 0.3 is 0 Å².